The van der Waals surface area contributed by atoms with Gasteiger partial charge in [-0.05, 0) is 38.1 Å². The van der Waals surface area contributed by atoms with Crippen LogP contribution in [0.3, 0.4) is 0 Å². The van der Waals surface area contributed by atoms with Crippen LogP contribution in [0.5, 0.6) is 0 Å². The lowest BCUT2D eigenvalue weighted by atomic mass is 9.93. The van der Waals surface area contributed by atoms with Crippen molar-refractivity contribution in [3.8, 4) is 11.3 Å². The second-order valence-electron chi connectivity index (χ2n) is 7.34. The second-order valence-corrected chi connectivity index (χ2v) is 8.24. The molecule has 31 heavy (non-hydrogen) atoms. The third kappa shape index (κ3) is 5.45. The van der Waals surface area contributed by atoms with Gasteiger partial charge in [0.1, 0.15) is 0 Å². The van der Waals surface area contributed by atoms with E-state index in [0.717, 1.165) is 43.8 Å². The van der Waals surface area contributed by atoms with Crippen molar-refractivity contribution in [3.05, 3.63) is 59.5 Å². The van der Waals surface area contributed by atoms with E-state index in [-0.39, 0.29) is 11.8 Å². The number of alkyl halides is 3. The zero-order valence-electron chi connectivity index (χ0n) is 16.5. The molecule has 1 aliphatic heterocycles. The van der Waals surface area contributed by atoms with E-state index in [1.807, 2.05) is 0 Å². The summed E-state index contributed by atoms with van der Waals surface area (Å²) in [7, 11) is 0. The van der Waals surface area contributed by atoms with Gasteiger partial charge in [-0.2, -0.15) is 13.2 Å². The molecule has 1 N–H and O–H groups in total. The summed E-state index contributed by atoms with van der Waals surface area (Å²) < 4.78 is 39.0. The number of likely N-dealkylation sites (tertiary alicyclic amines) is 1. The lowest BCUT2D eigenvalue weighted by molar-refractivity contribution is -0.137. The molecule has 4 rings (SSSR count). The molecule has 1 amide bonds. The fourth-order valence-corrected chi connectivity index (χ4v) is 4.15. The zero-order chi connectivity index (χ0) is 21.8. The summed E-state index contributed by atoms with van der Waals surface area (Å²) in [6.45, 7) is 1.75. The van der Waals surface area contributed by atoms with Crippen molar-refractivity contribution in [2.45, 2.75) is 24.9 Å². The van der Waals surface area contributed by atoms with Crippen molar-refractivity contribution in [2.24, 2.45) is 0 Å². The van der Waals surface area contributed by atoms with Gasteiger partial charge in [-0.1, -0.05) is 12.1 Å². The zero-order valence-corrected chi connectivity index (χ0v) is 17.3. The van der Waals surface area contributed by atoms with Gasteiger partial charge in [0.25, 0.3) is 0 Å². The Morgan fingerprint density at radius 3 is 2.74 bits per heavy atom. The van der Waals surface area contributed by atoms with Crippen LogP contribution in [-0.4, -0.2) is 45.4 Å². The number of carbonyl (C=O) groups excluding carboxylic acids is 1. The van der Waals surface area contributed by atoms with Gasteiger partial charge in [-0.25, -0.2) is 9.97 Å². The minimum Gasteiger partial charge on any atom is -0.301 e. The van der Waals surface area contributed by atoms with Crippen LogP contribution in [0.15, 0.2) is 48.2 Å². The molecule has 3 heterocycles. The van der Waals surface area contributed by atoms with E-state index in [9.17, 15) is 18.0 Å². The normalized spacial score (nSPS) is 15.7. The summed E-state index contributed by atoms with van der Waals surface area (Å²) in [5.41, 5.74) is 0.873. The highest BCUT2D eigenvalue weighted by atomic mass is 32.1. The maximum absolute atomic E-state index is 13.0. The summed E-state index contributed by atoms with van der Waals surface area (Å²) in [4.78, 5) is 27.1. The van der Waals surface area contributed by atoms with Crippen LogP contribution in [0, 0.1) is 0 Å². The summed E-state index contributed by atoms with van der Waals surface area (Å²) in [6, 6.07) is 5.12. The third-order valence-electron chi connectivity index (χ3n) is 5.19. The largest absolute Gasteiger partial charge is 0.416 e. The Morgan fingerprint density at radius 1 is 1.23 bits per heavy atom. The number of thiazole rings is 1. The van der Waals surface area contributed by atoms with Crippen molar-refractivity contribution in [2.75, 3.05) is 25.0 Å². The second kappa shape index (κ2) is 9.11. The van der Waals surface area contributed by atoms with Crippen LogP contribution in [0.1, 0.15) is 30.0 Å². The van der Waals surface area contributed by atoms with E-state index in [1.54, 1.807) is 23.8 Å². The molecule has 10 heteroatoms. The Balaban J connectivity index is 1.38. The van der Waals surface area contributed by atoms with Crippen LogP contribution in [0.25, 0.3) is 11.3 Å². The number of benzene rings is 1. The molecule has 0 spiro atoms. The van der Waals surface area contributed by atoms with E-state index in [1.165, 1.54) is 23.6 Å². The molecule has 0 atom stereocenters. The summed E-state index contributed by atoms with van der Waals surface area (Å²) in [5.74, 6) is 0.0521. The Bertz CT molecular complexity index is 1030. The molecule has 162 valence electrons. The molecule has 1 aliphatic rings. The van der Waals surface area contributed by atoms with Crippen LogP contribution in [0.4, 0.5) is 18.3 Å². The quantitative estimate of drug-likeness (QED) is 0.626. The number of piperidine rings is 1. The van der Waals surface area contributed by atoms with Crippen molar-refractivity contribution >= 4 is 22.4 Å². The topological polar surface area (TPSA) is 71.0 Å². The molecule has 1 aromatic carbocycles. The van der Waals surface area contributed by atoms with Gasteiger partial charge in [0.15, 0.2) is 5.13 Å². The van der Waals surface area contributed by atoms with Gasteiger partial charge >= 0.3 is 6.18 Å². The number of hydrogen-bond acceptors (Lipinski definition) is 6. The standard InChI is InChI=1S/C21H20F3N5OS/c22-21(23,24)16-3-1-2-15(10-16)18-12-25-11-17(27-18)14-4-7-29(8-5-14)13-19(30)28-20-26-6-9-31-20/h1-3,6,9-12,14H,4-5,7-8,13H2,(H,26,28,30). The molecule has 1 fully saturated rings. The SMILES string of the molecule is O=C(CN1CCC(c2cncc(-c3cccc(C(F)(F)F)c3)n2)CC1)Nc1nccs1. The number of anilines is 1. The average molecular weight is 447 g/mol. The number of nitrogens with zero attached hydrogens (tertiary/aromatic N) is 4. The molecule has 0 bridgehead atoms. The fraction of sp³-hybridized carbons (Fsp3) is 0.333. The third-order valence-corrected chi connectivity index (χ3v) is 5.88. The number of carbonyl (C=O) groups is 1. The Kier molecular flexibility index (Phi) is 6.28. The minimum absolute atomic E-state index is 0.0975. The van der Waals surface area contributed by atoms with Crippen molar-refractivity contribution in [1.29, 1.82) is 0 Å². The Hall–Kier alpha value is -2.85. The lowest BCUT2D eigenvalue weighted by Crippen LogP contribution is -2.38. The molecular formula is C21H20F3N5OS. The van der Waals surface area contributed by atoms with E-state index in [0.29, 0.717) is 22.9 Å². The Labute approximate surface area is 181 Å². The highest BCUT2D eigenvalue weighted by Crippen LogP contribution is 2.32. The monoisotopic (exact) mass is 447 g/mol. The Morgan fingerprint density at radius 2 is 2.03 bits per heavy atom. The van der Waals surface area contributed by atoms with Crippen LogP contribution in [0.2, 0.25) is 0 Å². The maximum Gasteiger partial charge on any atom is 0.416 e. The predicted octanol–water partition coefficient (Wildman–Crippen LogP) is 4.44. The maximum atomic E-state index is 13.0. The first-order chi connectivity index (χ1) is 14.9. The highest BCUT2D eigenvalue weighted by Gasteiger charge is 2.30. The van der Waals surface area contributed by atoms with Gasteiger partial charge in [0.05, 0.1) is 29.7 Å². The molecule has 2 aromatic heterocycles. The molecule has 0 aliphatic carbocycles. The van der Waals surface area contributed by atoms with E-state index in [4.69, 9.17) is 0 Å². The molecular weight excluding hydrogens is 427 g/mol. The first kappa shape index (κ1) is 21.4. The van der Waals surface area contributed by atoms with E-state index in [2.05, 4.69) is 25.2 Å². The smallest absolute Gasteiger partial charge is 0.301 e. The van der Waals surface area contributed by atoms with Crippen LogP contribution >= 0.6 is 11.3 Å². The molecule has 6 nitrogen and oxygen atoms in total. The summed E-state index contributed by atoms with van der Waals surface area (Å²) in [5, 5.41) is 5.16. The first-order valence-electron chi connectivity index (χ1n) is 9.80. The van der Waals surface area contributed by atoms with Crippen LogP contribution in [-0.2, 0) is 11.0 Å². The van der Waals surface area contributed by atoms with Gasteiger partial charge < -0.3 is 5.32 Å². The van der Waals surface area contributed by atoms with Crippen LogP contribution < -0.4 is 5.32 Å². The predicted molar refractivity (Wildman–Crippen MR) is 112 cm³/mol. The summed E-state index contributed by atoms with van der Waals surface area (Å²) in [6.07, 6.45) is 1.99. The first-order valence-corrected chi connectivity index (χ1v) is 10.7. The number of aromatic nitrogens is 3. The lowest BCUT2D eigenvalue weighted by Gasteiger charge is -2.31. The highest BCUT2D eigenvalue weighted by molar-refractivity contribution is 7.13. The number of rotatable bonds is 5. The summed E-state index contributed by atoms with van der Waals surface area (Å²) >= 11 is 1.37. The van der Waals surface area contributed by atoms with Gasteiger partial charge in [-0.3, -0.25) is 14.7 Å². The molecule has 0 radical (unpaired) electrons. The van der Waals surface area contributed by atoms with Crippen molar-refractivity contribution in [3.63, 3.8) is 0 Å². The molecule has 0 unspecified atom stereocenters. The van der Waals surface area contributed by atoms with Gasteiger partial charge in [0.2, 0.25) is 5.91 Å². The van der Waals surface area contributed by atoms with E-state index < -0.39 is 11.7 Å². The molecule has 1 saturated heterocycles. The van der Waals surface area contributed by atoms with E-state index >= 15 is 0 Å². The number of halogens is 3. The molecule has 3 aromatic rings. The van der Waals surface area contributed by atoms with Crippen molar-refractivity contribution in [1.82, 2.24) is 19.9 Å². The van der Waals surface area contributed by atoms with Gasteiger partial charge in [-0.15, -0.1) is 11.3 Å². The number of amides is 1. The number of nitrogens with one attached hydrogen (secondary N) is 1. The fourth-order valence-electron chi connectivity index (χ4n) is 3.61. The van der Waals surface area contributed by atoms with Crippen molar-refractivity contribution < 1.29 is 18.0 Å². The minimum atomic E-state index is -4.40. The molecule has 0 saturated carbocycles. The number of hydrogen-bond donors (Lipinski definition) is 1. The average Bonchev–Trinajstić information content (AvgIpc) is 3.27. The van der Waals surface area contributed by atoms with Gasteiger partial charge in [0, 0.05) is 29.3 Å².